The fraction of sp³-hybridized carbons (Fsp3) is 0.286. The zero-order chi connectivity index (χ0) is 13.1. The van der Waals surface area contributed by atoms with Gasteiger partial charge >= 0.3 is 0 Å². The van der Waals surface area contributed by atoms with Crippen molar-refractivity contribution in [2.24, 2.45) is 0 Å². The van der Waals surface area contributed by atoms with Crippen molar-refractivity contribution < 1.29 is 13.2 Å². The van der Waals surface area contributed by atoms with Crippen LogP contribution in [0.15, 0.2) is 34.7 Å². The smallest absolute Gasteiger partial charge is 0.137 e. The fourth-order valence-electron chi connectivity index (χ4n) is 1.82. The van der Waals surface area contributed by atoms with Gasteiger partial charge in [-0.3, -0.25) is 0 Å². The summed E-state index contributed by atoms with van der Waals surface area (Å²) in [7, 11) is 0. The zero-order valence-electron chi connectivity index (χ0n) is 10.3. The molecule has 0 aliphatic heterocycles. The summed E-state index contributed by atoms with van der Waals surface area (Å²) in [4.78, 5) is 0. The highest BCUT2D eigenvalue weighted by Gasteiger charge is 2.13. The summed E-state index contributed by atoms with van der Waals surface area (Å²) in [6, 6.07) is 6.79. The third-order valence-electron chi connectivity index (χ3n) is 2.76. The maximum absolute atomic E-state index is 13.6. The molecule has 0 amide bonds. The van der Waals surface area contributed by atoms with E-state index in [1.807, 2.05) is 13.8 Å². The predicted molar refractivity (Wildman–Crippen MR) is 66.2 cm³/mol. The Morgan fingerprint density at radius 1 is 1.22 bits per heavy atom. The van der Waals surface area contributed by atoms with Crippen molar-refractivity contribution in [3.05, 3.63) is 47.7 Å². The molecule has 2 rings (SSSR count). The third kappa shape index (κ3) is 2.59. The van der Waals surface area contributed by atoms with Gasteiger partial charge in [0.2, 0.25) is 0 Å². The van der Waals surface area contributed by atoms with Crippen molar-refractivity contribution in [1.29, 1.82) is 0 Å². The van der Waals surface area contributed by atoms with Crippen molar-refractivity contribution in [3.8, 4) is 11.3 Å². The highest BCUT2D eigenvalue weighted by molar-refractivity contribution is 5.58. The van der Waals surface area contributed by atoms with E-state index in [4.69, 9.17) is 4.42 Å². The molecule has 0 radical (unpaired) electrons. The van der Waals surface area contributed by atoms with Crippen molar-refractivity contribution in [2.45, 2.75) is 19.9 Å². The standard InChI is InChI=1S/C14H15F2NO/c1-3-17-9(2)13-6-7-14(18-13)11-8-10(15)4-5-12(11)16/h4-9,17H,3H2,1-2H3. The molecule has 0 aliphatic carbocycles. The maximum Gasteiger partial charge on any atom is 0.137 e. The van der Waals surface area contributed by atoms with Gasteiger partial charge in [0.15, 0.2) is 0 Å². The van der Waals surface area contributed by atoms with Gasteiger partial charge < -0.3 is 9.73 Å². The molecule has 4 heteroatoms. The van der Waals surface area contributed by atoms with Crippen LogP contribution in [0.2, 0.25) is 0 Å². The lowest BCUT2D eigenvalue weighted by Crippen LogP contribution is -2.16. The molecule has 0 fully saturated rings. The Bertz CT molecular complexity index is 536. The number of nitrogens with one attached hydrogen (secondary N) is 1. The van der Waals surface area contributed by atoms with Crippen LogP contribution in [0, 0.1) is 11.6 Å². The SMILES string of the molecule is CCNC(C)c1ccc(-c2cc(F)ccc2F)o1. The molecule has 0 aliphatic rings. The van der Waals surface area contributed by atoms with Crippen LogP contribution in [0.4, 0.5) is 8.78 Å². The van der Waals surface area contributed by atoms with Gasteiger partial charge in [-0.15, -0.1) is 0 Å². The normalized spacial score (nSPS) is 12.7. The molecule has 0 spiro atoms. The van der Waals surface area contributed by atoms with Gasteiger partial charge in [-0.1, -0.05) is 6.92 Å². The molecule has 1 N–H and O–H groups in total. The summed E-state index contributed by atoms with van der Waals surface area (Å²) in [5.74, 6) is 0.0692. The molecule has 0 saturated heterocycles. The largest absolute Gasteiger partial charge is 0.459 e. The van der Waals surface area contributed by atoms with Crippen LogP contribution in [-0.4, -0.2) is 6.54 Å². The Labute approximate surface area is 105 Å². The van der Waals surface area contributed by atoms with Crippen molar-refractivity contribution in [3.63, 3.8) is 0 Å². The average molecular weight is 251 g/mol. The van der Waals surface area contributed by atoms with E-state index in [9.17, 15) is 8.78 Å². The number of rotatable bonds is 4. The van der Waals surface area contributed by atoms with Crippen LogP contribution in [0.5, 0.6) is 0 Å². The molecule has 1 heterocycles. The number of halogens is 2. The first-order chi connectivity index (χ1) is 8.61. The molecule has 2 nitrogen and oxygen atoms in total. The van der Waals surface area contributed by atoms with E-state index in [1.165, 1.54) is 0 Å². The van der Waals surface area contributed by atoms with E-state index in [1.54, 1.807) is 12.1 Å². The lowest BCUT2D eigenvalue weighted by atomic mass is 10.1. The van der Waals surface area contributed by atoms with Gasteiger partial charge in [-0.25, -0.2) is 8.78 Å². The first-order valence-corrected chi connectivity index (χ1v) is 5.90. The lowest BCUT2D eigenvalue weighted by molar-refractivity contribution is 0.443. The second-order valence-corrected chi connectivity index (χ2v) is 4.11. The summed E-state index contributed by atoms with van der Waals surface area (Å²) in [6.07, 6.45) is 0. The van der Waals surface area contributed by atoms with E-state index >= 15 is 0 Å². The molecule has 96 valence electrons. The van der Waals surface area contributed by atoms with Crippen LogP contribution in [-0.2, 0) is 0 Å². The van der Waals surface area contributed by atoms with Crippen LogP contribution in [0.25, 0.3) is 11.3 Å². The first kappa shape index (κ1) is 12.8. The highest BCUT2D eigenvalue weighted by atomic mass is 19.1. The second-order valence-electron chi connectivity index (χ2n) is 4.11. The summed E-state index contributed by atoms with van der Waals surface area (Å²) in [5.41, 5.74) is 0.143. The van der Waals surface area contributed by atoms with Crippen LogP contribution < -0.4 is 5.32 Å². The number of hydrogen-bond donors (Lipinski definition) is 1. The number of benzene rings is 1. The Hall–Kier alpha value is -1.68. The molecular weight excluding hydrogens is 236 g/mol. The Balaban J connectivity index is 2.32. The third-order valence-corrected chi connectivity index (χ3v) is 2.76. The molecule has 1 aromatic heterocycles. The molecule has 1 unspecified atom stereocenters. The Morgan fingerprint density at radius 3 is 2.72 bits per heavy atom. The highest BCUT2D eigenvalue weighted by Crippen LogP contribution is 2.27. The molecule has 2 aromatic rings. The molecule has 18 heavy (non-hydrogen) atoms. The number of furan rings is 1. The van der Waals surface area contributed by atoms with E-state index < -0.39 is 11.6 Å². The van der Waals surface area contributed by atoms with Gasteiger partial charge in [0, 0.05) is 0 Å². The maximum atomic E-state index is 13.6. The van der Waals surface area contributed by atoms with E-state index in [0.29, 0.717) is 11.5 Å². The minimum absolute atomic E-state index is 0.0420. The molecular formula is C14H15F2NO. The summed E-state index contributed by atoms with van der Waals surface area (Å²) >= 11 is 0. The minimum Gasteiger partial charge on any atom is -0.459 e. The van der Waals surface area contributed by atoms with Crippen LogP contribution in [0.1, 0.15) is 25.6 Å². The van der Waals surface area contributed by atoms with Gasteiger partial charge in [0.25, 0.3) is 0 Å². The van der Waals surface area contributed by atoms with E-state index in [2.05, 4.69) is 5.32 Å². The first-order valence-electron chi connectivity index (χ1n) is 5.90. The van der Waals surface area contributed by atoms with Crippen molar-refractivity contribution in [1.82, 2.24) is 5.32 Å². The van der Waals surface area contributed by atoms with Crippen molar-refractivity contribution in [2.75, 3.05) is 6.54 Å². The molecule has 0 bridgehead atoms. The van der Waals surface area contributed by atoms with E-state index in [0.717, 1.165) is 24.7 Å². The minimum atomic E-state index is -0.492. The predicted octanol–water partition coefficient (Wildman–Crippen LogP) is 3.90. The van der Waals surface area contributed by atoms with Gasteiger partial charge in [-0.05, 0) is 43.8 Å². The molecule has 1 aromatic carbocycles. The Kier molecular flexibility index (Phi) is 3.77. The fourth-order valence-corrected chi connectivity index (χ4v) is 1.82. The van der Waals surface area contributed by atoms with Crippen molar-refractivity contribution >= 4 is 0 Å². The quantitative estimate of drug-likeness (QED) is 0.891. The summed E-state index contributed by atoms with van der Waals surface area (Å²) < 4.78 is 32.2. The Morgan fingerprint density at radius 2 is 2.00 bits per heavy atom. The van der Waals surface area contributed by atoms with Crippen LogP contribution >= 0.6 is 0 Å². The van der Waals surface area contributed by atoms with Gasteiger partial charge in [0.05, 0.1) is 11.6 Å². The average Bonchev–Trinajstić information content (AvgIpc) is 2.82. The van der Waals surface area contributed by atoms with Gasteiger partial charge in [-0.2, -0.15) is 0 Å². The number of hydrogen-bond acceptors (Lipinski definition) is 2. The molecule has 0 saturated carbocycles. The molecule has 1 atom stereocenters. The van der Waals surface area contributed by atoms with Crippen LogP contribution in [0.3, 0.4) is 0 Å². The lowest BCUT2D eigenvalue weighted by Gasteiger charge is -2.08. The monoisotopic (exact) mass is 251 g/mol. The van der Waals surface area contributed by atoms with E-state index in [-0.39, 0.29) is 11.6 Å². The second kappa shape index (κ2) is 5.31. The summed E-state index contributed by atoms with van der Waals surface area (Å²) in [5, 5.41) is 3.19. The topological polar surface area (TPSA) is 25.2 Å². The van der Waals surface area contributed by atoms with Gasteiger partial charge in [0.1, 0.15) is 23.2 Å². The zero-order valence-corrected chi connectivity index (χ0v) is 10.3. The summed E-state index contributed by atoms with van der Waals surface area (Å²) in [6.45, 7) is 4.76.